The van der Waals surface area contributed by atoms with Crippen molar-refractivity contribution in [1.82, 2.24) is 14.3 Å². The van der Waals surface area contributed by atoms with Gasteiger partial charge in [-0.25, -0.2) is 4.79 Å². The van der Waals surface area contributed by atoms with Crippen molar-refractivity contribution in [2.75, 3.05) is 7.11 Å². The summed E-state index contributed by atoms with van der Waals surface area (Å²) in [7, 11) is 4.54. The summed E-state index contributed by atoms with van der Waals surface area (Å²) in [5.41, 5.74) is 1.31. The summed E-state index contributed by atoms with van der Waals surface area (Å²) in [4.78, 5) is 23.7. The van der Waals surface area contributed by atoms with Crippen molar-refractivity contribution >= 4 is 16.9 Å². The van der Waals surface area contributed by atoms with E-state index in [4.69, 9.17) is 0 Å². The van der Waals surface area contributed by atoms with Gasteiger partial charge in [0.15, 0.2) is 5.69 Å². The first-order valence-electron chi connectivity index (χ1n) is 5.08. The summed E-state index contributed by atoms with van der Waals surface area (Å²) in [6, 6.07) is 0. The molecular formula is C11H13N3O3. The molecule has 6 nitrogen and oxygen atoms in total. The number of carbonyl (C=O) groups excluding carboxylic acids is 1. The summed E-state index contributed by atoms with van der Waals surface area (Å²) in [5.74, 6) is -0.558. The van der Waals surface area contributed by atoms with Crippen LogP contribution in [0, 0.1) is 6.92 Å². The third-order valence-corrected chi connectivity index (χ3v) is 2.72. The number of fused-ring (bicyclic) bond motifs is 1. The van der Waals surface area contributed by atoms with Crippen molar-refractivity contribution in [3.05, 3.63) is 27.8 Å². The average Bonchev–Trinajstić information content (AvgIpc) is 2.63. The lowest BCUT2D eigenvalue weighted by molar-refractivity contribution is 0.0590. The maximum absolute atomic E-state index is 12.0. The van der Waals surface area contributed by atoms with Crippen LogP contribution in [0.15, 0.2) is 11.0 Å². The molecule has 0 aliphatic carbocycles. The van der Waals surface area contributed by atoms with E-state index in [-0.39, 0.29) is 11.3 Å². The molecule has 0 unspecified atom stereocenters. The molecule has 2 aromatic heterocycles. The maximum Gasteiger partial charge on any atom is 0.357 e. The second-order valence-electron chi connectivity index (χ2n) is 3.92. The number of ether oxygens (including phenoxy) is 1. The zero-order valence-electron chi connectivity index (χ0n) is 10.1. The average molecular weight is 235 g/mol. The van der Waals surface area contributed by atoms with Crippen LogP contribution >= 0.6 is 0 Å². The fourth-order valence-corrected chi connectivity index (χ4v) is 1.92. The van der Waals surface area contributed by atoms with E-state index in [0.29, 0.717) is 10.9 Å². The molecule has 0 aliphatic heterocycles. The minimum Gasteiger partial charge on any atom is -0.464 e. The van der Waals surface area contributed by atoms with Crippen LogP contribution in [0.3, 0.4) is 0 Å². The van der Waals surface area contributed by atoms with Gasteiger partial charge < -0.3 is 9.30 Å². The predicted octanol–water partition coefficient (Wildman–Crippen LogP) is 0.367. The molecule has 90 valence electrons. The maximum atomic E-state index is 12.0. The van der Waals surface area contributed by atoms with Crippen molar-refractivity contribution < 1.29 is 9.53 Å². The van der Waals surface area contributed by atoms with Gasteiger partial charge in [-0.1, -0.05) is 0 Å². The van der Waals surface area contributed by atoms with Crippen LogP contribution in [-0.4, -0.2) is 27.4 Å². The van der Waals surface area contributed by atoms with Crippen LogP contribution in [0.2, 0.25) is 0 Å². The molecule has 0 aromatic carbocycles. The summed E-state index contributed by atoms with van der Waals surface area (Å²) < 4.78 is 7.49. The zero-order chi connectivity index (χ0) is 12.7. The monoisotopic (exact) mass is 235 g/mol. The minimum atomic E-state index is -0.558. The Labute approximate surface area is 97.4 Å². The Balaban J connectivity index is 2.99. The highest BCUT2D eigenvalue weighted by Crippen LogP contribution is 2.17. The molecule has 0 saturated heterocycles. The van der Waals surface area contributed by atoms with E-state index < -0.39 is 5.97 Å². The Morgan fingerprint density at radius 1 is 1.41 bits per heavy atom. The second kappa shape index (κ2) is 3.73. The summed E-state index contributed by atoms with van der Waals surface area (Å²) in [6.45, 7) is 1.84. The number of nitrogens with zero attached hydrogens (tertiary/aromatic N) is 3. The molecular weight excluding hydrogens is 222 g/mol. The first-order chi connectivity index (χ1) is 7.97. The van der Waals surface area contributed by atoms with Crippen molar-refractivity contribution in [2.45, 2.75) is 6.92 Å². The van der Waals surface area contributed by atoms with E-state index in [2.05, 4.69) is 9.84 Å². The molecule has 0 fully saturated rings. The fraction of sp³-hybridized carbons (Fsp3) is 0.364. The summed E-state index contributed by atoms with van der Waals surface area (Å²) in [5, 5.41) is 4.49. The van der Waals surface area contributed by atoms with Crippen LogP contribution in [-0.2, 0) is 18.8 Å². The smallest absolute Gasteiger partial charge is 0.357 e. The van der Waals surface area contributed by atoms with Crippen molar-refractivity contribution in [3.63, 3.8) is 0 Å². The summed E-state index contributed by atoms with van der Waals surface area (Å²) in [6.07, 6.45) is 1.69. The van der Waals surface area contributed by atoms with Gasteiger partial charge in [-0.2, -0.15) is 5.10 Å². The number of aromatic nitrogens is 3. The van der Waals surface area contributed by atoms with E-state index in [1.807, 2.05) is 6.92 Å². The van der Waals surface area contributed by atoms with Crippen LogP contribution in [0.4, 0.5) is 0 Å². The third-order valence-electron chi connectivity index (χ3n) is 2.72. The number of rotatable bonds is 1. The molecule has 0 amide bonds. The van der Waals surface area contributed by atoms with E-state index in [1.54, 1.807) is 20.3 Å². The Morgan fingerprint density at radius 2 is 2.06 bits per heavy atom. The van der Waals surface area contributed by atoms with Crippen molar-refractivity contribution in [1.29, 1.82) is 0 Å². The third kappa shape index (κ3) is 1.52. The lowest BCUT2D eigenvalue weighted by Gasteiger charge is -2.01. The van der Waals surface area contributed by atoms with Crippen molar-refractivity contribution in [2.24, 2.45) is 14.1 Å². The lowest BCUT2D eigenvalue weighted by atomic mass is 10.2. The molecule has 0 radical (unpaired) electrons. The fourth-order valence-electron chi connectivity index (χ4n) is 1.92. The van der Waals surface area contributed by atoms with Crippen LogP contribution < -0.4 is 5.56 Å². The number of carbonyl (C=O) groups is 1. The SMILES string of the molecule is COC(=O)c1c2c(=O)n(C)cc(C)c2nn1C. The van der Waals surface area contributed by atoms with Gasteiger partial charge in [0, 0.05) is 20.3 Å². The number of pyridine rings is 1. The Morgan fingerprint density at radius 3 is 2.65 bits per heavy atom. The highest BCUT2D eigenvalue weighted by atomic mass is 16.5. The number of hydrogen-bond donors (Lipinski definition) is 0. The molecule has 0 saturated carbocycles. The molecule has 6 heteroatoms. The molecule has 0 aliphatic rings. The molecule has 2 aromatic rings. The number of hydrogen-bond acceptors (Lipinski definition) is 4. The normalized spacial score (nSPS) is 10.8. The Bertz CT molecular complexity index is 667. The van der Waals surface area contributed by atoms with Gasteiger partial charge >= 0.3 is 5.97 Å². The first kappa shape index (κ1) is 11.4. The predicted molar refractivity (Wildman–Crippen MR) is 62.0 cm³/mol. The molecule has 0 spiro atoms. The molecule has 0 N–H and O–H groups in total. The number of methoxy groups -OCH3 is 1. The Kier molecular flexibility index (Phi) is 2.49. The quantitative estimate of drug-likeness (QED) is 0.670. The Hall–Kier alpha value is -2.11. The lowest BCUT2D eigenvalue weighted by Crippen LogP contribution is -2.19. The van der Waals surface area contributed by atoms with E-state index in [1.165, 1.54) is 16.4 Å². The van der Waals surface area contributed by atoms with Crippen LogP contribution in [0.1, 0.15) is 16.1 Å². The zero-order valence-corrected chi connectivity index (χ0v) is 10.1. The van der Waals surface area contributed by atoms with Gasteiger partial charge in [-0.3, -0.25) is 9.48 Å². The van der Waals surface area contributed by atoms with E-state index >= 15 is 0 Å². The van der Waals surface area contributed by atoms with Gasteiger partial charge in [-0.15, -0.1) is 0 Å². The topological polar surface area (TPSA) is 66.1 Å². The van der Waals surface area contributed by atoms with Gasteiger partial charge in [0.1, 0.15) is 10.9 Å². The molecule has 0 bridgehead atoms. The number of esters is 1. The standard InChI is InChI=1S/C11H13N3O3/c1-6-5-13(2)10(15)7-8(6)12-14(3)9(7)11(16)17-4/h5H,1-4H3. The highest BCUT2D eigenvalue weighted by Gasteiger charge is 2.21. The highest BCUT2D eigenvalue weighted by molar-refractivity contribution is 6.02. The van der Waals surface area contributed by atoms with Crippen LogP contribution in [0.5, 0.6) is 0 Å². The molecule has 2 rings (SSSR count). The first-order valence-corrected chi connectivity index (χ1v) is 5.08. The second-order valence-corrected chi connectivity index (χ2v) is 3.92. The molecule has 17 heavy (non-hydrogen) atoms. The summed E-state index contributed by atoms with van der Waals surface area (Å²) >= 11 is 0. The van der Waals surface area contributed by atoms with Gasteiger partial charge in [0.05, 0.1) is 7.11 Å². The minimum absolute atomic E-state index is 0.187. The van der Waals surface area contributed by atoms with Crippen LogP contribution in [0.25, 0.3) is 10.9 Å². The molecule has 0 atom stereocenters. The number of aryl methyl sites for hydroxylation is 3. The van der Waals surface area contributed by atoms with Gasteiger partial charge in [0.25, 0.3) is 5.56 Å². The van der Waals surface area contributed by atoms with Gasteiger partial charge in [-0.05, 0) is 12.5 Å². The molecule has 2 heterocycles. The largest absolute Gasteiger partial charge is 0.464 e. The van der Waals surface area contributed by atoms with E-state index in [9.17, 15) is 9.59 Å². The van der Waals surface area contributed by atoms with E-state index in [0.717, 1.165) is 5.56 Å². The van der Waals surface area contributed by atoms with Gasteiger partial charge in [0.2, 0.25) is 0 Å². The van der Waals surface area contributed by atoms with Crippen molar-refractivity contribution in [3.8, 4) is 0 Å².